The predicted molar refractivity (Wildman–Crippen MR) is 97.8 cm³/mol. The summed E-state index contributed by atoms with van der Waals surface area (Å²) >= 11 is 0. The van der Waals surface area contributed by atoms with Gasteiger partial charge in [0.15, 0.2) is 11.6 Å². The molecule has 0 aliphatic rings. The smallest absolute Gasteiger partial charge is 0.251 e. The van der Waals surface area contributed by atoms with Gasteiger partial charge in [0.05, 0.1) is 6.10 Å². The number of imidazole rings is 1. The molecule has 7 heteroatoms. The van der Waals surface area contributed by atoms with Gasteiger partial charge in [-0.25, -0.2) is 15.0 Å². The fraction of sp³-hybridized carbons (Fsp3) is 0.263. The van der Waals surface area contributed by atoms with Crippen LogP contribution in [0.15, 0.2) is 55.1 Å². The van der Waals surface area contributed by atoms with E-state index in [-0.39, 0.29) is 12.0 Å². The number of amides is 1. The van der Waals surface area contributed by atoms with Crippen molar-refractivity contribution in [1.82, 2.24) is 24.8 Å². The van der Waals surface area contributed by atoms with Gasteiger partial charge >= 0.3 is 0 Å². The van der Waals surface area contributed by atoms with Crippen molar-refractivity contribution in [2.75, 3.05) is 6.54 Å². The zero-order valence-electron chi connectivity index (χ0n) is 14.8. The number of benzene rings is 1. The zero-order chi connectivity index (χ0) is 18.4. The molecule has 0 bridgehead atoms. The van der Waals surface area contributed by atoms with Crippen molar-refractivity contribution in [3.05, 3.63) is 60.7 Å². The molecule has 0 saturated carbocycles. The van der Waals surface area contributed by atoms with E-state index in [1.54, 1.807) is 48.9 Å². The van der Waals surface area contributed by atoms with Gasteiger partial charge in [-0.05, 0) is 44.2 Å². The number of carbonyl (C=O) groups is 1. The van der Waals surface area contributed by atoms with Crippen molar-refractivity contribution in [2.24, 2.45) is 0 Å². The van der Waals surface area contributed by atoms with E-state index in [2.05, 4.69) is 20.3 Å². The van der Waals surface area contributed by atoms with Gasteiger partial charge in [0.25, 0.3) is 5.91 Å². The van der Waals surface area contributed by atoms with E-state index in [0.29, 0.717) is 30.3 Å². The minimum absolute atomic E-state index is 0.104. The van der Waals surface area contributed by atoms with E-state index < -0.39 is 0 Å². The third-order valence-corrected chi connectivity index (χ3v) is 3.61. The molecule has 0 fully saturated rings. The van der Waals surface area contributed by atoms with Gasteiger partial charge in [-0.15, -0.1) is 0 Å². The number of hydrogen-bond acceptors (Lipinski definition) is 5. The lowest BCUT2D eigenvalue weighted by Gasteiger charge is -2.11. The maximum atomic E-state index is 12.3. The quantitative estimate of drug-likeness (QED) is 0.707. The minimum Gasteiger partial charge on any atom is -0.491 e. The molecule has 0 saturated heterocycles. The Morgan fingerprint density at radius 3 is 2.54 bits per heavy atom. The molecule has 0 unspecified atom stereocenters. The van der Waals surface area contributed by atoms with Crippen LogP contribution in [-0.4, -0.2) is 38.1 Å². The second-order valence-corrected chi connectivity index (χ2v) is 5.96. The zero-order valence-corrected chi connectivity index (χ0v) is 14.8. The largest absolute Gasteiger partial charge is 0.491 e. The first-order valence-corrected chi connectivity index (χ1v) is 8.47. The van der Waals surface area contributed by atoms with Gasteiger partial charge in [-0.1, -0.05) is 0 Å². The maximum Gasteiger partial charge on any atom is 0.251 e. The van der Waals surface area contributed by atoms with Gasteiger partial charge in [0.2, 0.25) is 0 Å². The third kappa shape index (κ3) is 4.44. The predicted octanol–water partition coefficient (Wildman–Crippen LogP) is 2.56. The first-order valence-electron chi connectivity index (χ1n) is 8.47. The summed E-state index contributed by atoms with van der Waals surface area (Å²) in [7, 11) is 0. The summed E-state index contributed by atoms with van der Waals surface area (Å²) in [6, 6.07) is 8.88. The van der Waals surface area contributed by atoms with Crippen molar-refractivity contribution in [1.29, 1.82) is 0 Å². The Bertz CT molecular complexity index is 844. The Morgan fingerprint density at radius 1 is 1.12 bits per heavy atom. The maximum absolute atomic E-state index is 12.3. The summed E-state index contributed by atoms with van der Waals surface area (Å²) in [4.78, 5) is 25.0. The van der Waals surface area contributed by atoms with Crippen molar-refractivity contribution in [3.8, 4) is 17.4 Å². The van der Waals surface area contributed by atoms with Crippen LogP contribution < -0.4 is 10.1 Å². The van der Waals surface area contributed by atoms with Crippen LogP contribution in [0.2, 0.25) is 0 Å². The van der Waals surface area contributed by atoms with Crippen LogP contribution in [0.1, 0.15) is 24.2 Å². The molecule has 7 nitrogen and oxygen atoms in total. The van der Waals surface area contributed by atoms with E-state index in [9.17, 15) is 4.79 Å². The number of carbonyl (C=O) groups excluding carboxylic acids is 1. The van der Waals surface area contributed by atoms with E-state index in [1.165, 1.54) is 0 Å². The Labute approximate surface area is 152 Å². The normalized spacial score (nSPS) is 10.7. The van der Waals surface area contributed by atoms with E-state index in [0.717, 1.165) is 5.75 Å². The Morgan fingerprint density at radius 2 is 1.85 bits per heavy atom. The molecule has 26 heavy (non-hydrogen) atoms. The number of rotatable bonds is 7. The molecule has 3 aromatic rings. The second kappa shape index (κ2) is 8.24. The molecule has 0 radical (unpaired) electrons. The number of hydrogen-bond donors (Lipinski definition) is 1. The van der Waals surface area contributed by atoms with Gasteiger partial charge in [0, 0.05) is 43.4 Å². The van der Waals surface area contributed by atoms with Gasteiger partial charge < -0.3 is 14.6 Å². The summed E-state index contributed by atoms with van der Waals surface area (Å²) in [5.41, 5.74) is 0.596. The summed E-state index contributed by atoms with van der Waals surface area (Å²) in [6.45, 7) is 4.98. The van der Waals surface area contributed by atoms with Gasteiger partial charge in [-0.2, -0.15) is 0 Å². The fourth-order valence-corrected chi connectivity index (χ4v) is 2.46. The molecule has 0 aliphatic heterocycles. The van der Waals surface area contributed by atoms with Crippen LogP contribution in [0.3, 0.4) is 0 Å². The molecule has 2 aromatic heterocycles. The SMILES string of the molecule is CC(C)Oc1ccc(C(=O)NCCn2ccnc2-c2ncccn2)cc1. The highest BCUT2D eigenvalue weighted by molar-refractivity contribution is 5.94. The summed E-state index contributed by atoms with van der Waals surface area (Å²) in [5.74, 6) is 1.86. The molecule has 134 valence electrons. The molecule has 0 spiro atoms. The van der Waals surface area contributed by atoms with E-state index in [1.807, 2.05) is 24.6 Å². The summed E-state index contributed by atoms with van der Waals surface area (Å²) in [5, 5.41) is 2.91. The van der Waals surface area contributed by atoms with Crippen molar-refractivity contribution >= 4 is 5.91 Å². The van der Waals surface area contributed by atoms with Gasteiger partial charge in [-0.3, -0.25) is 4.79 Å². The summed E-state index contributed by atoms with van der Waals surface area (Å²) in [6.07, 6.45) is 7.00. The van der Waals surface area contributed by atoms with E-state index >= 15 is 0 Å². The number of nitrogens with one attached hydrogen (secondary N) is 1. The molecule has 0 aliphatic carbocycles. The number of aromatic nitrogens is 4. The topological polar surface area (TPSA) is 81.9 Å². The first kappa shape index (κ1) is 17.6. The molecule has 0 atom stereocenters. The van der Waals surface area contributed by atoms with Crippen LogP contribution in [0.4, 0.5) is 0 Å². The lowest BCUT2D eigenvalue weighted by Crippen LogP contribution is -2.27. The Hall–Kier alpha value is -3.22. The van der Waals surface area contributed by atoms with Crippen molar-refractivity contribution < 1.29 is 9.53 Å². The third-order valence-electron chi connectivity index (χ3n) is 3.61. The highest BCUT2D eigenvalue weighted by Crippen LogP contribution is 2.14. The standard InChI is InChI=1S/C19H21N5O2/c1-14(2)26-16-6-4-15(5-7-16)19(25)23-11-13-24-12-10-22-18(24)17-20-8-3-9-21-17/h3-10,12,14H,11,13H2,1-2H3,(H,23,25). The highest BCUT2D eigenvalue weighted by Gasteiger charge is 2.09. The molecular formula is C19H21N5O2. The van der Waals surface area contributed by atoms with Gasteiger partial charge in [0.1, 0.15) is 5.75 Å². The highest BCUT2D eigenvalue weighted by atomic mass is 16.5. The van der Waals surface area contributed by atoms with Crippen molar-refractivity contribution in [3.63, 3.8) is 0 Å². The first-order chi connectivity index (χ1) is 12.6. The van der Waals surface area contributed by atoms with Crippen LogP contribution in [-0.2, 0) is 6.54 Å². The average Bonchev–Trinajstić information content (AvgIpc) is 3.11. The molecule has 2 heterocycles. The lowest BCUT2D eigenvalue weighted by molar-refractivity contribution is 0.0952. The van der Waals surface area contributed by atoms with Crippen LogP contribution >= 0.6 is 0 Å². The molecule has 1 aromatic carbocycles. The van der Waals surface area contributed by atoms with Crippen LogP contribution in [0.5, 0.6) is 5.75 Å². The molecular weight excluding hydrogens is 330 g/mol. The minimum atomic E-state index is -0.126. The Kier molecular flexibility index (Phi) is 5.58. The molecule has 1 amide bonds. The molecule has 3 rings (SSSR count). The van der Waals surface area contributed by atoms with E-state index in [4.69, 9.17) is 4.74 Å². The lowest BCUT2D eigenvalue weighted by atomic mass is 10.2. The Balaban J connectivity index is 1.55. The average molecular weight is 351 g/mol. The molecule has 1 N–H and O–H groups in total. The number of ether oxygens (including phenoxy) is 1. The van der Waals surface area contributed by atoms with Crippen LogP contribution in [0.25, 0.3) is 11.6 Å². The monoisotopic (exact) mass is 351 g/mol. The van der Waals surface area contributed by atoms with Crippen LogP contribution in [0, 0.1) is 0 Å². The van der Waals surface area contributed by atoms with Crippen molar-refractivity contribution in [2.45, 2.75) is 26.5 Å². The number of nitrogens with zero attached hydrogens (tertiary/aromatic N) is 4. The second-order valence-electron chi connectivity index (χ2n) is 5.96. The fourth-order valence-electron chi connectivity index (χ4n) is 2.46. The summed E-state index contributed by atoms with van der Waals surface area (Å²) < 4.78 is 7.49.